The van der Waals surface area contributed by atoms with E-state index in [0.29, 0.717) is 21.6 Å². The van der Waals surface area contributed by atoms with Gasteiger partial charge in [-0.25, -0.2) is 0 Å². The minimum absolute atomic E-state index is 0.0624. The average Bonchev–Trinajstić information content (AvgIpc) is 3.07. The number of carbonyl (C=O) groups is 1. The minimum Gasteiger partial charge on any atom is -0.395 e. The molecule has 5 nitrogen and oxygen atoms in total. The van der Waals surface area contributed by atoms with Gasteiger partial charge in [0.05, 0.1) is 17.0 Å². The molecule has 0 aliphatic carbocycles. The number of aromatic nitrogens is 1. The number of aliphatic imine (C=N–C) groups is 1. The lowest BCUT2D eigenvalue weighted by atomic mass is 10.1. The van der Waals surface area contributed by atoms with E-state index in [2.05, 4.69) is 9.98 Å². The second-order valence-electron chi connectivity index (χ2n) is 6.12. The van der Waals surface area contributed by atoms with Gasteiger partial charge < -0.3 is 10.0 Å². The third-order valence-corrected chi connectivity index (χ3v) is 5.49. The molecule has 0 radical (unpaired) electrons. The molecule has 0 saturated heterocycles. The number of hydrogen-bond donors (Lipinski definition) is 1. The number of nitrogens with zero attached hydrogens (tertiary/aromatic N) is 3. The molecule has 1 aromatic heterocycles. The predicted octanol–water partition coefficient (Wildman–Crippen LogP) is 4.36. The summed E-state index contributed by atoms with van der Waals surface area (Å²) in [6.45, 7) is 0.267. The number of anilines is 1. The van der Waals surface area contributed by atoms with Gasteiger partial charge in [-0.05, 0) is 65.9 Å². The number of fused-ring (bicyclic) bond motifs is 1. The number of benzene rings is 2. The normalized spacial score (nSPS) is 15.3. The Hall–Kier alpha value is -2.67. The van der Waals surface area contributed by atoms with E-state index >= 15 is 0 Å². The molecule has 0 atom stereocenters. The van der Waals surface area contributed by atoms with Crippen LogP contribution in [0.25, 0.3) is 17.0 Å². The molecule has 1 N–H and O–H groups in total. The molecule has 7 heteroatoms. The summed E-state index contributed by atoms with van der Waals surface area (Å²) >= 11 is 7.25. The molecule has 4 rings (SSSR count). The molecule has 0 fully saturated rings. The number of amides is 1. The number of pyridine rings is 1. The molecule has 0 saturated carbocycles. The van der Waals surface area contributed by atoms with Crippen LogP contribution in [0, 0.1) is 0 Å². The van der Waals surface area contributed by atoms with E-state index < -0.39 is 0 Å². The fraction of sp³-hybridized carbons (Fsp3) is 0.0952. The van der Waals surface area contributed by atoms with Crippen LogP contribution in [0.1, 0.15) is 5.56 Å². The van der Waals surface area contributed by atoms with Crippen molar-refractivity contribution in [1.82, 2.24) is 4.98 Å². The molecule has 28 heavy (non-hydrogen) atoms. The Balaban J connectivity index is 1.61. The van der Waals surface area contributed by atoms with Crippen molar-refractivity contribution in [2.75, 3.05) is 18.1 Å². The number of amidine groups is 1. The summed E-state index contributed by atoms with van der Waals surface area (Å²) in [7, 11) is 0. The molecule has 3 aromatic rings. The van der Waals surface area contributed by atoms with Crippen molar-refractivity contribution in [3.05, 3.63) is 76.3 Å². The Kier molecular flexibility index (Phi) is 5.43. The van der Waals surface area contributed by atoms with Gasteiger partial charge in [0.2, 0.25) is 0 Å². The number of thioether (sulfide) groups is 1. The molecule has 0 unspecified atom stereocenters. The van der Waals surface area contributed by atoms with Crippen LogP contribution in [-0.2, 0) is 4.79 Å². The van der Waals surface area contributed by atoms with E-state index in [1.54, 1.807) is 18.3 Å². The number of aliphatic hydroxyl groups excluding tert-OH is 1. The summed E-state index contributed by atoms with van der Waals surface area (Å²) in [5.41, 5.74) is 2.63. The van der Waals surface area contributed by atoms with Crippen LogP contribution in [0.5, 0.6) is 0 Å². The largest absolute Gasteiger partial charge is 0.395 e. The summed E-state index contributed by atoms with van der Waals surface area (Å²) in [5, 5.41) is 11.6. The molecule has 2 heterocycles. The van der Waals surface area contributed by atoms with E-state index in [9.17, 15) is 9.90 Å². The fourth-order valence-corrected chi connectivity index (χ4v) is 3.99. The summed E-state index contributed by atoms with van der Waals surface area (Å²) in [4.78, 5) is 23.3. The highest BCUT2D eigenvalue weighted by Gasteiger charge is 2.26. The number of hydrogen-bond acceptors (Lipinski definition) is 5. The first kappa shape index (κ1) is 18.7. The Morgan fingerprint density at radius 1 is 1.14 bits per heavy atom. The number of carbonyl (C=O) groups excluding carboxylic acids is 1. The molecular formula is C21H16ClN3O2S. The Labute approximate surface area is 171 Å². The fourth-order valence-electron chi connectivity index (χ4n) is 2.90. The lowest BCUT2D eigenvalue weighted by molar-refractivity contribution is -0.113. The zero-order chi connectivity index (χ0) is 19.5. The SMILES string of the molecule is O=C1N=C(N(CCO)c2ccc(Cl)cc2)S/C1=C\c1ccc2ncccc2c1. The van der Waals surface area contributed by atoms with Crippen molar-refractivity contribution in [2.45, 2.75) is 0 Å². The van der Waals surface area contributed by atoms with Crippen LogP contribution >= 0.6 is 23.4 Å². The molecule has 0 bridgehead atoms. The molecule has 140 valence electrons. The van der Waals surface area contributed by atoms with Gasteiger partial charge in [-0.15, -0.1) is 0 Å². The van der Waals surface area contributed by atoms with Crippen LogP contribution in [0.3, 0.4) is 0 Å². The van der Waals surface area contributed by atoms with Gasteiger partial charge in [-0.2, -0.15) is 4.99 Å². The highest BCUT2D eigenvalue weighted by atomic mass is 35.5. The van der Waals surface area contributed by atoms with Gasteiger partial charge >= 0.3 is 0 Å². The van der Waals surface area contributed by atoms with Gasteiger partial charge in [-0.3, -0.25) is 9.78 Å². The number of rotatable bonds is 4. The average molecular weight is 410 g/mol. The van der Waals surface area contributed by atoms with Crippen LogP contribution in [0.4, 0.5) is 5.69 Å². The molecule has 0 spiro atoms. The van der Waals surface area contributed by atoms with Gasteiger partial charge in [0.1, 0.15) is 0 Å². The van der Waals surface area contributed by atoms with E-state index in [0.717, 1.165) is 22.2 Å². The van der Waals surface area contributed by atoms with Gasteiger partial charge in [0.15, 0.2) is 5.17 Å². The molecule has 1 aliphatic rings. The van der Waals surface area contributed by atoms with E-state index in [1.807, 2.05) is 53.4 Å². The molecule has 2 aromatic carbocycles. The maximum Gasteiger partial charge on any atom is 0.286 e. The summed E-state index contributed by atoms with van der Waals surface area (Å²) in [5.74, 6) is -0.289. The van der Waals surface area contributed by atoms with Crippen molar-refractivity contribution in [1.29, 1.82) is 0 Å². The van der Waals surface area contributed by atoms with Crippen LogP contribution < -0.4 is 4.90 Å². The first-order valence-corrected chi connectivity index (χ1v) is 9.85. The Bertz CT molecular complexity index is 1100. The predicted molar refractivity (Wildman–Crippen MR) is 116 cm³/mol. The van der Waals surface area contributed by atoms with Crippen LogP contribution in [0.2, 0.25) is 5.02 Å². The monoisotopic (exact) mass is 409 g/mol. The van der Waals surface area contributed by atoms with Crippen molar-refractivity contribution < 1.29 is 9.90 Å². The first-order valence-electron chi connectivity index (χ1n) is 8.65. The van der Waals surface area contributed by atoms with Gasteiger partial charge in [0, 0.05) is 28.8 Å². The second kappa shape index (κ2) is 8.14. The third-order valence-electron chi connectivity index (χ3n) is 4.23. The van der Waals surface area contributed by atoms with Crippen LogP contribution in [-0.4, -0.2) is 34.3 Å². The third kappa shape index (κ3) is 3.94. The smallest absolute Gasteiger partial charge is 0.286 e. The van der Waals surface area contributed by atoms with Crippen molar-refractivity contribution in [3.8, 4) is 0 Å². The highest BCUT2D eigenvalue weighted by Crippen LogP contribution is 2.33. The molecular weight excluding hydrogens is 394 g/mol. The standard InChI is InChI=1S/C21H16ClN3O2S/c22-16-4-6-17(7-5-16)25(10-11-26)21-24-20(27)19(28-21)13-14-3-8-18-15(12-14)2-1-9-23-18/h1-9,12-13,26H,10-11H2/b19-13-. The minimum atomic E-state index is -0.289. The van der Waals surface area contributed by atoms with Crippen molar-refractivity contribution in [3.63, 3.8) is 0 Å². The lowest BCUT2D eigenvalue weighted by Gasteiger charge is -2.22. The first-order chi connectivity index (χ1) is 13.6. The zero-order valence-electron chi connectivity index (χ0n) is 14.7. The summed E-state index contributed by atoms with van der Waals surface area (Å²) in [6, 6.07) is 16.9. The van der Waals surface area contributed by atoms with E-state index in [-0.39, 0.29) is 12.5 Å². The van der Waals surface area contributed by atoms with E-state index in [1.165, 1.54) is 11.8 Å². The van der Waals surface area contributed by atoms with Gasteiger partial charge in [-0.1, -0.05) is 23.7 Å². The van der Waals surface area contributed by atoms with Crippen LogP contribution in [0.15, 0.2) is 70.7 Å². The Morgan fingerprint density at radius 2 is 1.96 bits per heavy atom. The number of halogens is 1. The zero-order valence-corrected chi connectivity index (χ0v) is 16.3. The summed E-state index contributed by atoms with van der Waals surface area (Å²) < 4.78 is 0. The highest BCUT2D eigenvalue weighted by molar-refractivity contribution is 8.18. The number of aliphatic hydroxyl groups is 1. The van der Waals surface area contributed by atoms with E-state index in [4.69, 9.17) is 11.6 Å². The summed E-state index contributed by atoms with van der Waals surface area (Å²) in [6.07, 6.45) is 3.58. The van der Waals surface area contributed by atoms with Crippen molar-refractivity contribution in [2.24, 2.45) is 4.99 Å². The Morgan fingerprint density at radius 3 is 2.75 bits per heavy atom. The topological polar surface area (TPSA) is 65.8 Å². The van der Waals surface area contributed by atoms with Gasteiger partial charge in [0.25, 0.3) is 5.91 Å². The maximum absolute atomic E-state index is 12.4. The molecule has 1 aliphatic heterocycles. The van der Waals surface area contributed by atoms with Crippen molar-refractivity contribution >= 4 is 57.1 Å². The molecule has 1 amide bonds. The lowest BCUT2D eigenvalue weighted by Crippen LogP contribution is -2.30. The second-order valence-corrected chi connectivity index (χ2v) is 7.56. The maximum atomic E-state index is 12.4. The quantitative estimate of drug-likeness (QED) is 0.648.